The van der Waals surface area contributed by atoms with Crippen LogP contribution in [0.4, 0.5) is 52.7 Å². The van der Waals surface area contributed by atoms with Gasteiger partial charge in [-0.15, -0.1) is 0 Å². The number of nitriles is 10. The second-order valence-electron chi connectivity index (χ2n) is 12.9. The van der Waals surface area contributed by atoms with Gasteiger partial charge in [-0.3, -0.25) is 0 Å². The van der Waals surface area contributed by atoms with Crippen LogP contribution in [0, 0.1) is 183 Å². The van der Waals surface area contributed by atoms with Crippen LogP contribution in [-0.4, -0.2) is 0 Å². The normalized spacial score (nSPS) is 10.7. The minimum absolute atomic E-state index is 0.0530. The van der Waals surface area contributed by atoms with Crippen LogP contribution in [0.5, 0.6) is 0 Å². The van der Waals surface area contributed by atoms with Crippen molar-refractivity contribution in [3.8, 4) is 60.7 Å². The summed E-state index contributed by atoms with van der Waals surface area (Å²) in [4.78, 5) is 0. The number of fused-ring (bicyclic) bond motifs is 1. The van der Waals surface area contributed by atoms with E-state index in [0.717, 1.165) is 47.2 Å². The van der Waals surface area contributed by atoms with Gasteiger partial charge in [-0.2, -0.15) is 52.6 Å². The molecule has 0 heterocycles. The Hall–Kier alpha value is -10.6. The number of benzene rings is 5. The van der Waals surface area contributed by atoms with E-state index in [-0.39, 0.29) is 11.1 Å². The first kappa shape index (κ1) is 48.4. The van der Waals surface area contributed by atoms with Gasteiger partial charge in [0.25, 0.3) is 0 Å². The summed E-state index contributed by atoms with van der Waals surface area (Å²) in [5.74, 6) is -29.9. The summed E-state index contributed by atoms with van der Waals surface area (Å²) in [6, 6.07) is 22.9. The van der Waals surface area contributed by atoms with Gasteiger partial charge in [-0.1, -0.05) is 24.3 Å². The third-order valence-electron chi connectivity index (χ3n) is 9.51. The van der Waals surface area contributed by atoms with Crippen LogP contribution in [0.3, 0.4) is 0 Å². The fourth-order valence-corrected chi connectivity index (χ4v) is 6.36. The molecule has 1 aliphatic carbocycles. The standard InChI is InChI=1S/C30F12N6.C16H6N4/c31-19-10(4-46)20(32)26(38)16(25(19)37)7(1-43)13-14(8(2-44)17-27(39)21(33)11(5-47)22(34)28(17)40)15(13)9(3-45)18-29(41)23(35)12(6-48)24(36)30(18)42;17-7-15(8-18)13-3-1-11-5-14(16(9-19)10-20)4-2-12(11)6-13/h;1-6H. The zero-order valence-corrected chi connectivity index (χ0v) is 32.5. The molecule has 0 bridgehead atoms. The molecule has 0 aliphatic heterocycles. The van der Waals surface area contributed by atoms with Crippen molar-refractivity contribution in [1.29, 1.82) is 52.6 Å². The number of hydrogen-bond donors (Lipinski definition) is 0. The largest absolute Gasteiger partial charge is 0.203 e. The summed E-state index contributed by atoms with van der Waals surface area (Å²) in [6.07, 6.45) is 0. The highest BCUT2D eigenvalue weighted by Crippen LogP contribution is 2.57. The average Bonchev–Trinajstić information content (AvgIpc) is 4.06. The molecule has 5 aromatic rings. The van der Waals surface area contributed by atoms with E-state index >= 15 is 26.3 Å². The highest BCUT2D eigenvalue weighted by molar-refractivity contribution is 6.12. The van der Waals surface area contributed by atoms with Crippen molar-refractivity contribution in [3.05, 3.63) is 167 Å². The molecule has 22 heteroatoms. The molecule has 324 valence electrons. The van der Waals surface area contributed by atoms with E-state index < -0.39 is 137 Å². The molecular formula is C46H6F12N10. The molecule has 0 amide bonds. The second kappa shape index (κ2) is 19.0. The summed E-state index contributed by atoms with van der Waals surface area (Å²) < 4.78 is 177. The van der Waals surface area contributed by atoms with Gasteiger partial charge >= 0.3 is 0 Å². The van der Waals surface area contributed by atoms with Gasteiger partial charge < -0.3 is 0 Å². The molecule has 68 heavy (non-hydrogen) atoms. The molecule has 0 saturated heterocycles. The Morgan fingerprint density at radius 2 is 0.515 bits per heavy atom. The molecule has 0 aromatic heterocycles. The van der Waals surface area contributed by atoms with Crippen LogP contribution < -0.4 is 10.4 Å². The van der Waals surface area contributed by atoms with E-state index in [4.69, 9.17) is 36.8 Å². The average molecular weight is 927 g/mol. The first-order chi connectivity index (χ1) is 32.3. The van der Waals surface area contributed by atoms with Gasteiger partial charge in [0, 0.05) is 27.2 Å². The van der Waals surface area contributed by atoms with Gasteiger partial charge in [-0.05, 0) is 22.9 Å². The van der Waals surface area contributed by atoms with Crippen molar-refractivity contribution in [2.24, 2.45) is 0 Å². The topological polar surface area (TPSA) is 238 Å². The van der Waals surface area contributed by atoms with Crippen LogP contribution in [0.2, 0.25) is 0 Å². The van der Waals surface area contributed by atoms with Crippen molar-refractivity contribution in [2.45, 2.75) is 0 Å². The zero-order chi connectivity index (χ0) is 50.6. The summed E-state index contributed by atoms with van der Waals surface area (Å²) >= 11 is 0. The van der Waals surface area contributed by atoms with Gasteiger partial charge in [0.2, 0.25) is 0 Å². The third kappa shape index (κ3) is 7.75. The van der Waals surface area contributed by atoms with Crippen LogP contribution in [0.15, 0.2) is 53.1 Å². The van der Waals surface area contributed by atoms with Crippen LogP contribution in [0.1, 0.15) is 33.4 Å². The van der Waals surface area contributed by atoms with Crippen molar-refractivity contribution >= 4 is 38.6 Å². The minimum atomic E-state index is -2.53. The molecule has 1 aliphatic rings. The Morgan fingerprint density at radius 3 is 0.691 bits per heavy atom. The molecule has 5 aromatic carbocycles. The van der Waals surface area contributed by atoms with Crippen molar-refractivity contribution in [2.75, 3.05) is 0 Å². The quantitative estimate of drug-likeness (QED) is 0.0950. The van der Waals surface area contributed by atoms with Crippen molar-refractivity contribution in [3.63, 3.8) is 0 Å². The van der Waals surface area contributed by atoms with E-state index in [2.05, 4.69) is 0 Å². The van der Waals surface area contributed by atoms with Crippen LogP contribution in [-0.2, 0) is 0 Å². The molecule has 1 saturated carbocycles. The Labute approximate surface area is 370 Å². The zero-order valence-electron chi connectivity index (χ0n) is 32.5. The molecule has 10 nitrogen and oxygen atoms in total. The second-order valence-corrected chi connectivity index (χ2v) is 12.9. The number of hydrogen-bond acceptors (Lipinski definition) is 10. The molecule has 0 atom stereocenters. The molecule has 0 spiro atoms. The maximum atomic E-state index is 15.0. The lowest BCUT2D eigenvalue weighted by molar-refractivity contribution is 0.446. The SMILES string of the molecule is N#CC(=C1C(=C(C#N)c2c(F)c(F)c(C#N)c(F)c2F)C1=C(C#N)c1c(F)c(F)c(C#N)c(F)c1F)c1c(F)c(F)c(C#N)c(F)c1F.N#CC(C#N)=c1ccc2cc(=C(C#N)C#N)ccc2c1. The fourth-order valence-electron chi connectivity index (χ4n) is 6.36. The molecule has 0 radical (unpaired) electrons. The number of nitrogens with zero attached hydrogens (tertiary/aromatic N) is 10. The molecule has 6 rings (SSSR count). The Kier molecular flexibility index (Phi) is 13.5. The number of rotatable bonds is 3. The van der Waals surface area contributed by atoms with E-state index in [1.165, 1.54) is 0 Å². The molecule has 0 unspecified atom stereocenters. The predicted octanol–water partition coefficient (Wildman–Crippen LogP) is 8.45. The summed E-state index contributed by atoms with van der Waals surface area (Å²) in [5, 5.41) is 94.1. The minimum Gasteiger partial charge on any atom is -0.203 e. The summed E-state index contributed by atoms with van der Waals surface area (Å²) in [5.41, 5.74) is -21.4. The van der Waals surface area contributed by atoms with Gasteiger partial charge in [0.1, 0.15) is 88.5 Å². The van der Waals surface area contributed by atoms with Gasteiger partial charge in [0.05, 0.1) is 33.4 Å². The van der Waals surface area contributed by atoms with Crippen molar-refractivity contribution < 1.29 is 52.7 Å². The van der Waals surface area contributed by atoms with E-state index in [1.807, 2.05) is 24.3 Å². The highest BCUT2D eigenvalue weighted by Gasteiger charge is 2.46. The molecule has 1 fully saturated rings. The summed E-state index contributed by atoms with van der Waals surface area (Å²) in [6.45, 7) is 0. The smallest absolute Gasteiger partial charge is 0.180 e. The maximum absolute atomic E-state index is 15.0. The summed E-state index contributed by atoms with van der Waals surface area (Å²) in [7, 11) is 0. The van der Waals surface area contributed by atoms with Crippen LogP contribution in [0.25, 0.3) is 38.6 Å². The monoisotopic (exact) mass is 926 g/mol. The highest BCUT2D eigenvalue weighted by atomic mass is 19.2. The molecule has 0 N–H and O–H groups in total. The Balaban J connectivity index is 0.000000358. The first-order valence-electron chi connectivity index (χ1n) is 17.5. The first-order valence-corrected chi connectivity index (χ1v) is 17.5. The number of allylic oxidation sites excluding steroid dienone is 6. The Morgan fingerprint density at radius 1 is 0.294 bits per heavy atom. The molecular weight excluding hydrogens is 921 g/mol. The third-order valence-corrected chi connectivity index (χ3v) is 9.51. The number of halogens is 12. The lowest BCUT2D eigenvalue weighted by Gasteiger charge is -2.08. The van der Waals surface area contributed by atoms with Crippen LogP contribution >= 0.6 is 0 Å². The Bertz CT molecular complexity index is 3410. The van der Waals surface area contributed by atoms with Gasteiger partial charge in [-0.25, -0.2) is 52.7 Å². The lowest BCUT2D eigenvalue weighted by atomic mass is 9.99. The van der Waals surface area contributed by atoms with E-state index in [1.54, 1.807) is 36.4 Å². The van der Waals surface area contributed by atoms with E-state index in [9.17, 15) is 42.1 Å². The fraction of sp³-hybridized carbons (Fsp3) is 0. The van der Waals surface area contributed by atoms with E-state index in [0.29, 0.717) is 10.4 Å². The lowest BCUT2D eigenvalue weighted by Crippen LogP contribution is -2.06. The van der Waals surface area contributed by atoms with Gasteiger partial charge in [0.15, 0.2) is 69.8 Å². The van der Waals surface area contributed by atoms with Crippen molar-refractivity contribution in [1.82, 2.24) is 0 Å². The maximum Gasteiger partial charge on any atom is 0.180 e. The predicted molar refractivity (Wildman–Crippen MR) is 203 cm³/mol.